The monoisotopic (exact) mass is 266 g/mol. The minimum absolute atomic E-state index is 0.0294. The zero-order valence-electron chi connectivity index (χ0n) is 11.7. The lowest BCUT2D eigenvalue weighted by Crippen LogP contribution is -2.35. The van der Waals surface area contributed by atoms with Crippen molar-refractivity contribution in [2.45, 2.75) is 20.4 Å². The number of carbonyl (C=O) groups excluding carboxylic acids is 1. The van der Waals surface area contributed by atoms with Crippen LogP contribution < -0.4 is 0 Å². The summed E-state index contributed by atoms with van der Waals surface area (Å²) < 4.78 is 11.0. The fraction of sp³-hybridized carbons (Fsp3) is 0.643. The van der Waals surface area contributed by atoms with Crippen molar-refractivity contribution in [1.29, 1.82) is 0 Å². The first kappa shape index (κ1) is 14.1. The Hall–Kier alpha value is -1.33. The minimum atomic E-state index is -0.0294. The van der Waals surface area contributed by atoms with Gasteiger partial charge >= 0.3 is 0 Å². The smallest absolute Gasteiger partial charge is 0.289 e. The van der Waals surface area contributed by atoms with Crippen LogP contribution in [0.25, 0.3) is 0 Å². The van der Waals surface area contributed by atoms with E-state index in [9.17, 15) is 4.79 Å². The lowest BCUT2D eigenvalue weighted by atomic mass is 10.3. The summed E-state index contributed by atoms with van der Waals surface area (Å²) in [6.07, 6.45) is 0. The van der Waals surface area contributed by atoms with Gasteiger partial charge in [-0.1, -0.05) is 0 Å². The van der Waals surface area contributed by atoms with E-state index >= 15 is 0 Å². The van der Waals surface area contributed by atoms with Gasteiger partial charge in [-0.05, 0) is 26.0 Å². The van der Waals surface area contributed by atoms with E-state index in [2.05, 4.69) is 4.90 Å². The highest BCUT2D eigenvalue weighted by molar-refractivity contribution is 5.91. The highest BCUT2D eigenvalue weighted by Gasteiger charge is 2.18. The summed E-state index contributed by atoms with van der Waals surface area (Å²) >= 11 is 0. The van der Waals surface area contributed by atoms with Crippen LogP contribution in [0.2, 0.25) is 0 Å². The Morgan fingerprint density at radius 1 is 1.26 bits per heavy atom. The second-order valence-electron chi connectivity index (χ2n) is 4.63. The van der Waals surface area contributed by atoms with Crippen molar-refractivity contribution in [3.8, 4) is 0 Å². The van der Waals surface area contributed by atoms with Crippen molar-refractivity contribution in [3.63, 3.8) is 0 Å². The fourth-order valence-corrected chi connectivity index (χ4v) is 2.22. The lowest BCUT2D eigenvalue weighted by Gasteiger charge is -2.25. The van der Waals surface area contributed by atoms with Gasteiger partial charge in [0.1, 0.15) is 5.76 Å². The fourth-order valence-electron chi connectivity index (χ4n) is 2.22. The van der Waals surface area contributed by atoms with Gasteiger partial charge in [-0.3, -0.25) is 9.69 Å². The van der Waals surface area contributed by atoms with Crippen molar-refractivity contribution >= 4 is 5.91 Å². The third kappa shape index (κ3) is 3.58. The van der Waals surface area contributed by atoms with E-state index in [4.69, 9.17) is 9.15 Å². The molecule has 5 heteroatoms. The van der Waals surface area contributed by atoms with Crippen LogP contribution in [0, 0.1) is 0 Å². The molecule has 0 atom stereocenters. The molecule has 0 saturated carbocycles. The molecule has 19 heavy (non-hydrogen) atoms. The molecular formula is C14H22N2O3. The number of nitrogens with zero attached hydrogens (tertiary/aromatic N) is 2. The van der Waals surface area contributed by atoms with E-state index in [0.717, 1.165) is 38.6 Å². The van der Waals surface area contributed by atoms with Gasteiger partial charge in [0.05, 0.1) is 19.8 Å². The van der Waals surface area contributed by atoms with Crippen LogP contribution in [0.1, 0.15) is 30.2 Å². The highest BCUT2D eigenvalue weighted by Crippen LogP contribution is 2.13. The van der Waals surface area contributed by atoms with Gasteiger partial charge in [-0.15, -0.1) is 0 Å². The van der Waals surface area contributed by atoms with E-state index in [0.29, 0.717) is 18.8 Å². The van der Waals surface area contributed by atoms with Crippen molar-refractivity contribution in [2.24, 2.45) is 0 Å². The molecule has 1 aliphatic rings. The molecule has 1 saturated heterocycles. The van der Waals surface area contributed by atoms with Crippen molar-refractivity contribution in [3.05, 3.63) is 23.7 Å². The molecule has 106 valence electrons. The van der Waals surface area contributed by atoms with Gasteiger partial charge in [0.2, 0.25) is 0 Å². The third-order valence-corrected chi connectivity index (χ3v) is 3.41. The maximum Gasteiger partial charge on any atom is 0.289 e. The maximum absolute atomic E-state index is 12.1. The van der Waals surface area contributed by atoms with E-state index in [-0.39, 0.29) is 5.91 Å². The van der Waals surface area contributed by atoms with Crippen molar-refractivity contribution < 1.29 is 13.9 Å². The Labute approximate surface area is 114 Å². The SMILES string of the molecule is CCN(CC)C(=O)c1ccc(CN2CCOCC2)o1. The molecule has 1 amide bonds. The molecule has 0 aliphatic carbocycles. The number of morpholine rings is 1. The molecule has 1 aromatic rings. The second-order valence-corrected chi connectivity index (χ2v) is 4.63. The molecule has 0 aromatic carbocycles. The number of hydrogen-bond donors (Lipinski definition) is 0. The quantitative estimate of drug-likeness (QED) is 0.812. The first-order valence-electron chi connectivity index (χ1n) is 6.92. The van der Waals surface area contributed by atoms with Crippen LogP contribution in [0.15, 0.2) is 16.5 Å². The highest BCUT2D eigenvalue weighted by atomic mass is 16.5. The van der Waals surface area contributed by atoms with Crippen LogP contribution in [0.5, 0.6) is 0 Å². The Morgan fingerprint density at radius 2 is 1.95 bits per heavy atom. The molecule has 5 nitrogen and oxygen atoms in total. The molecule has 2 rings (SSSR count). The molecule has 1 aromatic heterocycles. The van der Waals surface area contributed by atoms with E-state index in [1.807, 2.05) is 19.9 Å². The number of rotatable bonds is 5. The van der Waals surface area contributed by atoms with Crippen molar-refractivity contribution in [1.82, 2.24) is 9.80 Å². The Balaban J connectivity index is 1.96. The number of hydrogen-bond acceptors (Lipinski definition) is 4. The summed E-state index contributed by atoms with van der Waals surface area (Å²) in [5.41, 5.74) is 0. The first-order chi connectivity index (χ1) is 9.24. The predicted molar refractivity (Wildman–Crippen MR) is 72.1 cm³/mol. The molecular weight excluding hydrogens is 244 g/mol. The van der Waals surface area contributed by atoms with Gasteiger partial charge in [0.25, 0.3) is 5.91 Å². The second kappa shape index (κ2) is 6.73. The summed E-state index contributed by atoms with van der Waals surface area (Å²) in [5, 5.41) is 0. The van der Waals surface area contributed by atoms with Crippen LogP contribution in [0.3, 0.4) is 0 Å². The van der Waals surface area contributed by atoms with Crippen LogP contribution >= 0.6 is 0 Å². The molecule has 0 radical (unpaired) electrons. The van der Waals surface area contributed by atoms with E-state index in [1.54, 1.807) is 11.0 Å². The zero-order valence-corrected chi connectivity index (χ0v) is 11.7. The van der Waals surface area contributed by atoms with Gasteiger partial charge in [0, 0.05) is 26.2 Å². The number of ether oxygens (including phenoxy) is 1. The van der Waals surface area contributed by atoms with Crippen LogP contribution in [0.4, 0.5) is 0 Å². The molecule has 0 unspecified atom stereocenters. The topological polar surface area (TPSA) is 45.9 Å². The number of carbonyl (C=O) groups is 1. The number of furan rings is 1. The first-order valence-corrected chi connectivity index (χ1v) is 6.92. The summed E-state index contributed by atoms with van der Waals surface area (Å²) in [5.74, 6) is 1.25. The Morgan fingerprint density at radius 3 is 2.58 bits per heavy atom. The Bertz CT molecular complexity index is 407. The van der Waals surface area contributed by atoms with E-state index in [1.165, 1.54) is 0 Å². The van der Waals surface area contributed by atoms with Gasteiger partial charge in [-0.2, -0.15) is 0 Å². The van der Waals surface area contributed by atoms with Gasteiger partial charge in [-0.25, -0.2) is 0 Å². The predicted octanol–water partition coefficient (Wildman–Crippen LogP) is 1.59. The Kier molecular flexibility index (Phi) is 4.99. The zero-order chi connectivity index (χ0) is 13.7. The minimum Gasteiger partial charge on any atom is -0.455 e. The molecule has 2 heterocycles. The molecule has 0 N–H and O–H groups in total. The van der Waals surface area contributed by atoms with Crippen molar-refractivity contribution in [2.75, 3.05) is 39.4 Å². The average Bonchev–Trinajstić information content (AvgIpc) is 2.89. The molecule has 0 spiro atoms. The third-order valence-electron chi connectivity index (χ3n) is 3.41. The summed E-state index contributed by atoms with van der Waals surface area (Å²) in [6.45, 7) is 9.47. The van der Waals surface area contributed by atoms with Gasteiger partial charge < -0.3 is 14.1 Å². The average molecular weight is 266 g/mol. The summed E-state index contributed by atoms with van der Waals surface area (Å²) in [4.78, 5) is 16.1. The van der Waals surface area contributed by atoms with Crippen LogP contribution in [-0.4, -0.2) is 55.1 Å². The molecule has 1 fully saturated rings. The lowest BCUT2D eigenvalue weighted by molar-refractivity contribution is 0.0310. The summed E-state index contributed by atoms with van der Waals surface area (Å²) in [6, 6.07) is 3.67. The molecule has 0 bridgehead atoms. The summed E-state index contributed by atoms with van der Waals surface area (Å²) in [7, 11) is 0. The van der Waals surface area contributed by atoms with Crippen LogP contribution in [-0.2, 0) is 11.3 Å². The van der Waals surface area contributed by atoms with Gasteiger partial charge in [0.15, 0.2) is 5.76 Å². The largest absolute Gasteiger partial charge is 0.455 e. The normalized spacial score (nSPS) is 16.5. The standard InChI is InChI=1S/C14H22N2O3/c1-3-16(4-2)14(17)13-6-5-12(19-13)11-15-7-9-18-10-8-15/h5-6H,3-4,7-11H2,1-2H3. The maximum atomic E-state index is 12.1. The molecule has 1 aliphatic heterocycles. The number of amides is 1. The van der Waals surface area contributed by atoms with E-state index < -0.39 is 0 Å².